The van der Waals surface area contributed by atoms with Crippen LogP contribution in [0.25, 0.3) is 11.1 Å². The van der Waals surface area contributed by atoms with Crippen LogP contribution in [-0.4, -0.2) is 90.0 Å². The van der Waals surface area contributed by atoms with Gasteiger partial charge in [-0.2, -0.15) is 13.2 Å². The minimum absolute atomic E-state index is 0.0112. The Bertz CT molecular complexity index is 1750. The Morgan fingerprint density at radius 1 is 1.20 bits per heavy atom. The minimum atomic E-state index is -4.24. The van der Waals surface area contributed by atoms with E-state index in [1.54, 1.807) is 13.0 Å². The maximum absolute atomic E-state index is 13.9. The number of nitrogens with zero attached hydrogens (tertiary/aromatic N) is 4. The van der Waals surface area contributed by atoms with Gasteiger partial charge >= 0.3 is 6.18 Å². The zero-order valence-electron chi connectivity index (χ0n) is 26.5. The highest BCUT2D eigenvalue weighted by atomic mass is 19.4. The number of H-pyrrole nitrogens is 1. The van der Waals surface area contributed by atoms with Crippen LogP contribution < -0.4 is 20.9 Å². The molecular formula is C33H40F3N7O3. The molecule has 0 radical (unpaired) electrons. The van der Waals surface area contributed by atoms with Gasteiger partial charge in [-0.25, -0.2) is 0 Å². The smallest absolute Gasteiger partial charge is 0.401 e. The predicted molar refractivity (Wildman–Crippen MR) is 171 cm³/mol. The molecule has 0 spiro atoms. The second-order valence-electron chi connectivity index (χ2n) is 12.4. The van der Waals surface area contributed by atoms with Crippen molar-refractivity contribution < 1.29 is 22.7 Å². The molecule has 3 aliphatic rings. The number of amides is 1. The number of pyridine rings is 2. The van der Waals surface area contributed by atoms with Crippen molar-refractivity contribution in [1.82, 2.24) is 29.8 Å². The van der Waals surface area contributed by atoms with Crippen molar-refractivity contribution in [2.45, 2.75) is 52.1 Å². The number of hydrogen-bond acceptors (Lipinski definition) is 7. The summed E-state index contributed by atoms with van der Waals surface area (Å²) < 4.78 is 46.7. The van der Waals surface area contributed by atoms with E-state index in [4.69, 9.17) is 4.74 Å². The third-order valence-electron chi connectivity index (χ3n) is 9.53. The van der Waals surface area contributed by atoms with E-state index in [0.29, 0.717) is 48.7 Å². The summed E-state index contributed by atoms with van der Waals surface area (Å²) >= 11 is 0. The number of aliphatic imine (C=N–C) groups is 1. The van der Waals surface area contributed by atoms with E-state index >= 15 is 0 Å². The van der Waals surface area contributed by atoms with Crippen molar-refractivity contribution in [3.63, 3.8) is 0 Å². The van der Waals surface area contributed by atoms with Crippen LogP contribution in [-0.2, 0) is 6.54 Å². The van der Waals surface area contributed by atoms with Gasteiger partial charge in [-0.15, -0.1) is 0 Å². The number of rotatable bonds is 8. The molecule has 3 atom stereocenters. The molecule has 6 rings (SSSR count). The molecule has 246 valence electrons. The van der Waals surface area contributed by atoms with Crippen LogP contribution in [0.2, 0.25) is 0 Å². The van der Waals surface area contributed by atoms with E-state index in [1.165, 1.54) is 12.0 Å². The second-order valence-corrected chi connectivity index (χ2v) is 12.4. The monoisotopic (exact) mass is 639 g/mol. The summed E-state index contributed by atoms with van der Waals surface area (Å²) in [4.78, 5) is 37.6. The highest BCUT2D eigenvalue weighted by Crippen LogP contribution is 2.39. The Labute approximate surface area is 265 Å². The van der Waals surface area contributed by atoms with Gasteiger partial charge in [0, 0.05) is 73.1 Å². The average molecular weight is 640 g/mol. The van der Waals surface area contributed by atoms with Gasteiger partial charge in [0.25, 0.3) is 11.5 Å². The van der Waals surface area contributed by atoms with Crippen molar-refractivity contribution in [2.75, 3.05) is 46.4 Å². The van der Waals surface area contributed by atoms with E-state index in [9.17, 15) is 22.8 Å². The summed E-state index contributed by atoms with van der Waals surface area (Å²) in [5, 5.41) is 6.38. The Morgan fingerprint density at radius 2 is 1.96 bits per heavy atom. The molecule has 0 saturated carbocycles. The lowest BCUT2D eigenvalue weighted by atomic mass is 9.88. The van der Waals surface area contributed by atoms with E-state index in [-0.39, 0.29) is 36.1 Å². The van der Waals surface area contributed by atoms with Crippen LogP contribution in [0.1, 0.15) is 57.8 Å². The highest BCUT2D eigenvalue weighted by Gasteiger charge is 2.35. The fourth-order valence-corrected chi connectivity index (χ4v) is 7.19. The normalized spacial score (nSPS) is 21.3. The van der Waals surface area contributed by atoms with Gasteiger partial charge in [-0.05, 0) is 69.1 Å². The number of halogens is 3. The Morgan fingerprint density at radius 3 is 2.67 bits per heavy atom. The van der Waals surface area contributed by atoms with E-state index in [2.05, 4.69) is 36.0 Å². The summed E-state index contributed by atoms with van der Waals surface area (Å²) in [6.45, 7) is 7.18. The number of dihydropyridines is 1. The van der Waals surface area contributed by atoms with Gasteiger partial charge in [-0.3, -0.25) is 29.7 Å². The minimum Gasteiger partial charge on any atom is -0.496 e. The molecule has 46 heavy (non-hydrogen) atoms. The van der Waals surface area contributed by atoms with Crippen molar-refractivity contribution >= 4 is 23.2 Å². The summed E-state index contributed by atoms with van der Waals surface area (Å²) in [5.74, 6) is 0.266. The Hall–Kier alpha value is -3.94. The average Bonchev–Trinajstić information content (AvgIpc) is 3.66. The largest absolute Gasteiger partial charge is 0.496 e. The number of piperazine rings is 1. The first-order chi connectivity index (χ1) is 21.9. The number of hydrogen-bond donors (Lipinski definition) is 3. The Balaban J connectivity index is 1.37. The molecule has 3 unspecified atom stereocenters. The first kappa shape index (κ1) is 32.0. The van der Waals surface area contributed by atoms with Gasteiger partial charge in [0.05, 0.1) is 31.3 Å². The predicted octanol–water partition coefficient (Wildman–Crippen LogP) is 3.83. The zero-order valence-corrected chi connectivity index (χ0v) is 26.5. The quantitative estimate of drug-likeness (QED) is 0.346. The van der Waals surface area contributed by atoms with Crippen LogP contribution in [0, 0.1) is 19.8 Å². The molecule has 6 heterocycles. The summed E-state index contributed by atoms with van der Waals surface area (Å²) in [6, 6.07) is 5.50. The number of nitrogens with one attached hydrogen (secondary N) is 3. The fraction of sp³-hybridized carbons (Fsp3) is 0.485. The number of ether oxygens (including phenoxy) is 1. The second kappa shape index (κ2) is 12.7. The summed E-state index contributed by atoms with van der Waals surface area (Å²) in [7, 11) is 1.48. The number of aromatic amines is 1. The molecule has 2 saturated heterocycles. The van der Waals surface area contributed by atoms with Gasteiger partial charge in [0.15, 0.2) is 0 Å². The number of aryl methyl sites for hydroxylation is 1. The molecule has 0 bridgehead atoms. The molecule has 1 amide bonds. The molecule has 0 aromatic carbocycles. The van der Waals surface area contributed by atoms with Gasteiger partial charge in [0.2, 0.25) is 0 Å². The zero-order chi connectivity index (χ0) is 32.7. The van der Waals surface area contributed by atoms with Crippen LogP contribution in [0.15, 0.2) is 40.3 Å². The fourth-order valence-electron chi connectivity index (χ4n) is 7.19. The van der Waals surface area contributed by atoms with E-state index < -0.39 is 12.7 Å². The molecule has 0 aliphatic carbocycles. The van der Waals surface area contributed by atoms with E-state index in [0.717, 1.165) is 40.9 Å². The van der Waals surface area contributed by atoms with Crippen molar-refractivity contribution in [3.8, 4) is 5.75 Å². The number of alkyl halides is 3. The molecule has 13 heteroatoms. The number of methoxy groups -OCH3 is 1. The van der Waals surface area contributed by atoms with E-state index in [1.807, 2.05) is 38.4 Å². The SMILES string of the molecule is COc1cc(C)[nH]c(=O)c1CNC(=O)c1cc2c(C3=CC=NC4NCCC34)ccn2c(C(C)N2CCN(CC(F)(F)F)CC2)c1C. The summed E-state index contributed by atoms with van der Waals surface area (Å²) in [5.41, 5.74) is 5.81. The number of fused-ring (bicyclic) bond motifs is 2. The first-order valence-electron chi connectivity index (χ1n) is 15.6. The van der Waals surface area contributed by atoms with Crippen LogP contribution in [0.5, 0.6) is 5.75 Å². The molecule has 3 aromatic rings. The Kier molecular flexibility index (Phi) is 8.83. The van der Waals surface area contributed by atoms with Gasteiger partial charge in [-0.1, -0.05) is 0 Å². The third kappa shape index (κ3) is 6.23. The molecule has 2 fully saturated rings. The number of allylic oxidation sites excluding steroid dienone is 1. The molecule has 3 aromatic heterocycles. The third-order valence-corrected chi connectivity index (χ3v) is 9.53. The number of aromatic nitrogens is 2. The number of carbonyl (C=O) groups is 1. The van der Waals surface area contributed by atoms with Crippen LogP contribution in [0.3, 0.4) is 0 Å². The standard InChI is InChI=1S/C33H40F3N7O3/c1-19-15-28(46-4)26(32(45)40-19)17-39-31(44)25-16-27-23(22-5-8-37-30-24(22)6-9-38-30)7-10-43(27)29(20(25)2)21(3)42-13-11-41(12-14-42)18-33(34,35)36/h5,7-8,10,15-16,21,24,30,38H,6,9,11-14,17-18H2,1-4H3,(H,39,44)(H,40,45). The van der Waals surface area contributed by atoms with Crippen LogP contribution in [0.4, 0.5) is 13.2 Å². The highest BCUT2D eigenvalue weighted by molar-refractivity contribution is 5.99. The van der Waals surface area contributed by atoms with Crippen molar-refractivity contribution in [1.29, 1.82) is 0 Å². The topological polar surface area (TPSA) is 106 Å². The molecular weight excluding hydrogens is 599 g/mol. The lowest BCUT2D eigenvalue weighted by molar-refractivity contribution is -0.149. The summed E-state index contributed by atoms with van der Waals surface area (Å²) in [6.07, 6.45) is 2.62. The first-order valence-corrected chi connectivity index (χ1v) is 15.6. The lowest BCUT2D eigenvalue weighted by Gasteiger charge is -2.39. The van der Waals surface area contributed by atoms with Crippen molar-refractivity contribution in [2.24, 2.45) is 10.9 Å². The maximum Gasteiger partial charge on any atom is 0.401 e. The van der Waals surface area contributed by atoms with Crippen molar-refractivity contribution in [3.05, 3.63) is 74.5 Å². The van der Waals surface area contributed by atoms with Gasteiger partial charge < -0.3 is 19.4 Å². The molecule has 3 N–H and O–H groups in total. The molecule has 3 aliphatic heterocycles. The maximum atomic E-state index is 13.9. The lowest BCUT2D eigenvalue weighted by Crippen LogP contribution is -2.49. The number of carbonyl (C=O) groups excluding carboxylic acids is 1. The van der Waals surface area contributed by atoms with Gasteiger partial charge in [0.1, 0.15) is 11.9 Å². The van der Waals surface area contributed by atoms with Crippen LogP contribution >= 0.6 is 0 Å². The molecule has 10 nitrogen and oxygen atoms in total.